The minimum atomic E-state index is -0.0884. The number of hydrogen-bond donors (Lipinski definition) is 1. The second-order valence-corrected chi connectivity index (χ2v) is 3.12. The van der Waals surface area contributed by atoms with E-state index in [1.54, 1.807) is 0 Å². The molecule has 0 radical (unpaired) electrons. The summed E-state index contributed by atoms with van der Waals surface area (Å²) in [7, 11) is 0. The topological polar surface area (TPSA) is 79.0 Å². The summed E-state index contributed by atoms with van der Waals surface area (Å²) in [6.07, 6.45) is 2.63. The lowest BCUT2D eigenvalue weighted by atomic mass is 10.4. The highest BCUT2D eigenvalue weighted by molar-refractivity contribution is 6.01. The van der Waals surface area contributed by atoms with Crippen molar-refractivity contribution in [3.63, 3.8) is 0 Å². The van der Waals surface area contributed by atoms with Gasteiger partial charge in [0.25, 0.3) is 0 Å². The molecule has 1 aromatic rings. The molecule has 74 valence electrons. The van der Waals surface area contributed by atoms with Crippen LogP contribution >= 0.6 is 0 Å². The van der Waals surface area contributed by atoms with Crippen molar-refractivity contribution >= 4 is 11.8 Å². The molecule has 2 rings (SSSR count). The monoisotopic (exact) mass is 194 g/mol. The Hall–Kier alpha value is -1.72. The van der Waals surface area contributed by atoms with Gasteiger partial charge in [-0.15, -0.1) is 0 Å². The summed E-state index contributed by atoms with van der Waals surface area (Å²) < 4.78 is 0. The molecule has 0 saturated carbocycles. The number of aromatic amines is 1. The van der Waals surface area contributed by atoms with E-state index in [9.17, 15) is 9.59 Å². The minimum absolute atomic E-state index is 0.0884. The Labute approximate surface area is 80.3 Å². The zero-order valence-corrected chi connectivity index (χ0v) is 7.56. The van der Waals surface area contributed by atoms with Gasteiger partial charge in [-0.1, -0.05) is 0 Å². The maximum Gasteiger partial charge on any atom is 0.229 e. The highest BCUT2D eigenvalue weighted by atomic mass is 16.2. The summed E-state index contributed by atoms with van der Waals surface area (Å²) in [5.41, 5.74) is 0. The average molecular weight is 194 g/mol. The van der Waals surface area contributed by atoms with Crippen LogP contribution in [0.15, 0.2) is 6.33 Å². The van der Waals surface area contributed by atoms with Crippen LogP contribution < -0.4 is 0 Å². The van der Waals surface area contributed by atoms with E-state index in [4.69, 9.17) is 0 Å². The third-order valence-electron chi connectivity index (χ3n) is 2.19. The van der Waals surface area contributed by atoms with Crippen molar-refractivity contribution in [2.45, 2.75) is 19.3 Å². The maximum absolute atomic E-state index is 11.2. The van der Waals surface area contributed by atoms with Gasteiger partial charge in [-0.05, 0) is 0 Å². The molecule has 1 saturated heterocycles. The lowest BCUT2D eigenvalue weighted by Gasteiger charge is -2.11. The summed E-state index contributed by atoms with van der Waals surface area (Å²) in [6.45, 7) is 0.396. The average Bonchev–Trinajstić information content (AvgIpc) is 2.76. The molecule has 0 atom stereocenters. The van der Waals surface area contributed by atoms with E-state index in [2.05, 4.69) is 15.2 Å². The Morgan fingerprint density at radius 1 is 1.36 bits per heavy atom. The maximum atomic E-state index is 11.2. The van der Waals surface area contributed by atoms with Crippen LogP contribution in [0.3, 0.4) is 0 Å². The number of nitrogens with zero attached hydrogens (tertiary/aromatic N) is 3. The summed E-state index contributed by atoms with van der Waals surface area (Å²) in [4.78, 5) is 27.6. The van der Waals surface area contributed by atoms with Gasteiger partial charge < -0.3 is 0 Å². The molecular weight excluding hydrogens is 184 g/mol. The number of amides is 2. The Kier molecular flexibility index (Phi) is 2.26. The van der Waals surface area contributed by atoms with Gasteiger partial charge in [0.15, 0.2) is 0 Å². The second-order valence-electron chi connectivity index (χ2n) is 3.12. The summed E-state index contributed by atoms with van der Waals surface area (Å²) in [6, 6.07) is 0. The third kappa shape index (κ3) is 1.63. The molecule has 1 aliphatic rings. The van der Waals surface area contributed by atoms with Gasteiger partial charge >= 0.3 is 0 Å². The zero-order valence-electron chi connectivity index (χ0n) is 7.56. The number of aromatic nitrogens is 3. The molecule has 0 spiro atoms. The zero-order chi connectivity index (χ0) is 9.97. The molecule has 6 nitrogen and oxygen atoms in total. The minimum Gasteiger partial charge on any atom is -0.282 e. The predicted molar refractivity (Wildman–Crippen MR) is 46.0 cm³/mol. The van der Waals surface area contributed by atoms with Crippen molar-refractivity contribution < 1.29 is 9.59 Å². The lowest BCUT2D eigenvalue weighted by molar-refractivity contribution is -0.138. The standard InChI is InChI=1S/C8H10N4O2/c13-7-1-2-8(14)12(7)4-3-6-9-5-10-11-6/h5H,1-4H2,(H,9,10,11). The number of hydrogen-bond acceptors (Lipinski definition) is 4. The van der Waals surface area contributed by atoms with E-state index in [0.717, 1.165) is 0 Å². The van der Waals surface area contributed by atoms with Gasteiger partial charge in [-0.3, -0.25) is 19.6 Å². The molecule has 0 bridgehead atoms. The number of rotatable bonds is 3. The Balaban J connectivity index is 1.92. The molecule has 14 heavy (non-hydrogen) atoms. The van der Waals surface area contributed by atoms with Crippen molar-refractivity contribution in [2.24, 2.45) is 0 Å². The van der Waals surface area contributed by atoms with Gasteiger partial charge in [0.05, 0.1) is 0 Å². The van der Waals surface area contributed by atoms with Gasteiger partial charge in [-0.25, -0.2) is 4.98 Å². The normalized spacial score (nSPS) is 16.7. The number of likely N-dealkylation sites (tertiary alicyclic amines) is 1. The quantitative estimate of drug-likeness (QED) is 0.657. The number of H-pyrrole nitrogens is 1. The van der Waals surface area contributed by atoms with Crippen LogP contribution in [-0.2, 0) is 16.0 Å². The van der Waals surface area contributed by atoms with Crippen LogP contribution in [0.1, 0.15) is 18.7 Å². The van der Waals surface area contributed by atoms with E-state index < -0.39 is 0 Å². The van der Waals surface area contributed by atoms with E-state index >= 15 is 0 Å². The second kappa shape index (κ2) is 3.57. The SMILES string of the molecule is O=C1CCC(=O)N1CCc1ncn[nH]1. The molecule has 1 fully saturated rings. The fraction of sp³-hybridized carbons (Fsp3) is 0.500. The van der Waals surface area contributed by atoms with E-state index in [1.165, 1.54) is 11.2 Å². The van der Waals surface area contributed by atoms with E-state index in [-0.39, 0.29) is 11.8 Å². The summed E-state index contributed by atoms with van der Waals surface area (Å²) in [5.74, 6) is 0.515. The van der Waals surface area contributed by atoms with Crippen LogP contribution in [0.25, 0.3) is 0 Å². The molecule has 0 aliphatic carbocycles. The fourth-order valence-corrected chi connectivity index (χ4v) is 1.44. The first-order valence-electron chi connectivity index (χ1n) is 4.45. The van der Waals surface area contributed by atoms with Crippen LogP contribution in [-0.4, -0.2) is 38.4 Å². The number of imide groups is 1. The fourth-order valence-electron chi connectivity index (χ4n) is 1.44. The van der Waals surface area contributed by atoms with Crippen LogP contribution in [0.5, 0.6) is 0 Å². The van der Waals surface area contributed by atoms with Crippen LogP contribution in [0.2, 0.25) is 0 Å². The van der Waals surface area contributed by atoms with E-state index in [1.807, 2.05) is 0 Å². The molecule has 2 heterocycles. The first kappa shape index (κ1) is 8.86. The van der Waals surface area contributed by atoms with Gasteiger partial charge in [0.1, 0.15) is 12.2 Å². The first-order valence-corrected chi connectivity index (χ1v) is 4.45. The largest absolute Gasteiger partial charge is 0.282 e. The van der Waals surface area contributed by atoms with Crippen molar-refractivity contribution in [1.82, 2.24) is 20.1 Å². The van der Waals surface area contributed by atoms with E-state index in [0.29, 0.717) is 31.6 Å². The van der Waals surface area contributed by atoms with Crippen LogP contribution in [0.4, 0.5) is 0 Å². The number of carbonyl (C=O) groups excluding carboxylic acids is 2. The Morgan fingerprint density at radius 3 is 2.64 bits per heavy atom. The van der Waals surface area contributed by atoms with Gasteiger partial charge in [0, 0.05) is 25.8 Å². The Morgan fingerprint density at radius 2 is 2.07 bits per heavy atom. The van der Waals surface area contributed by atoms with Gasteiger partial charge in [-0.2, -0.15) is 5.10 Å². The Bertz CT molecular complexity index is 330. The lowest BCUT2D eigenvalue weighted by Crippen LogP contribution is -2.31. The van der Waals surface area contributed by atoms with Crippen molar-refractivity contribution in [3.05, 3.63) is 12.2 Å². The first-order chi connectivity index (χ1) is 6.77. The van der Waals surface area contributed by atoms with Crippen molar-refractivity contribution in [2.75, 3.05) is 6.54 Å². The molecule has 1 aliphatic heterocycles. The van der Waals surface area contributed by atoms with Crippen LogP contribution in [0, 0.1) is 0 Å². The molecule has 2 amide bonds. The molecular formula is C8H10N4O2. The molecule has 0 unspecified atom stereocenters. The summed E-state index contributed by atoms with van der Waals surface area (Å²) in [5, 5.41) is 6.36. The third-order valence-corrected chi connectivity index (χ3v) is 2.19. The van der Waals surface area contributed by atoms with Gasteiger partial charge in [0.2, 0.25) is 11.8 Å². The number of nitrogens with one attached hydrogen (secondary N) is 1. The molecule has 0 aromatic carbocycles. The summed E-state index contributed by atoms with van der Waals surface area (Å²) >= 11 is 0. The molecule has 1 aromatic heterocycles. The highest BCUT2D eigenvalue weighted by Gasteiger charge is 2.28. The van der Waals surface area contributed by atoms with Crippen molar-refractivity contribution in [1.29, 1.82) is 0 Å². The molecule has 6 heteroatoms. The number of carbonyl (C=O) groups is 2. The highest BCUT2D eigenvalue weighted by Crippen LogP contribution is 2.11. The molecule has 1 N–H and O–H groups in total. The predicted octanol–water partition coefficient (Wildman–Crippen LogP) is -0.504. The van der Waals surface area contributed by atoms with Crippen molar-refractivity contribution in [3.8, 4) is 0 Å². The smallest absolute Gasteiger partial charge is 0.229 e.